The molecule has 0 N–H and O–H groups in total. The fourth-order valence-electron chi connectivity index (χ4n) is 1.55. The molecule has 0 bridgehead atoms. The van der Waals surface area contributed by atoms with E-state index in [1.807, 2.05) is 13.0 Å². The summed E-state index contributed by atoms with van der Waals surface area (Å²) in [7, 11) is 0. The van der Waals surface area contributed by atoms with Gasteiger partial charge in [0.25, 0.3) is 0 Å². The van der Waals surface area contributed by atoms with Crippen molar-refractivity contribution in [2.75, 3.05) is 0 Å². The third-order valence-electron chi connectivity index (χ3n) is 2.96. The first-order chi connectivity index (χ1) is 7.97. The van der Waals surface area contributed by atoms with E-state index >= 15 is 0 Å². The summed E-state index contributed by atoms with van der Waals surface area (Å²) in [5.41, 5.74) is -0.322. The van der Waals surface area contributed by atoms with Crippen LogP contribution < -0.4 is 0 Å². The van der Waals surface area contributed by atoms with Gasteiger partial charge in [-0.15, -0.1) is 0 Å². The first kappa shape index (κ1) is 12.0. The number of rotatable bonds is 1. The van der Waals surface area contributed by atoms with Crippen LogP contribution in [0.1, 0.15) is 31.0 Å². The number of alkyl halides is 3. The fourth-order valence-corrected chi connectivity index (χ4v) is 1.55. The Balaban J connectivity index is 2.22. The zero-order chi connectivity index (χ0) is 12.5. The summed E-state index contributed by atoms with van der Waals surface area (Å²) < 4.78 is 37.9. The lowest BCUT2D eigenvalue weighted by atomic mass is 10.1. The second kappa shape index (κ2) is 4.06. The standard InChI is InChI=1S/C13H12F3N/c1-2-10-4-8-17-11(9-10)3-5-12(6-7-12)13(14,15)16/h4,8-9H,2,6-7H2,1H3. The number of hydrogen-bond donors (Lipinski definition) is 0. The lowest BCUT2D eigenvalue weighted by molar-refractivity contribution is -0.168. The van der Waals surface area contributed by atoms with E-state index < -0.39 is 11.6 Å². The van der Waals surface area contributed by atoms with Crippen molar-refractivity contribution in [1.82, 2.24) is 4.98 Å². The molecule has 1 aromatic rings. The Morgan fingerprint density at radius 2 is 2.12 bits per heavy atom. The highest BCUT2D eigenvalue weighted by atomic mass is 19.4. The molecule has 1 saturated carbocycles. The molecule has 1 aliphatic carbocycles. The number of nitrogens with zero attached hydrogens (tertiary/aromatic N) is 1. The van der Waals surface area contributed by atoms with E-state index in [1.54, 1.807) is 12.3 Å². The maximum Gasteiger partial charge on any atom is 0.405 e. The van der Waals surface area contributed by atoms with Crippen LogP contribution in [0.5, 0.6) is 0 Å². The second-order valence-corrected chi connectivity index (χ2v) is 4.23. The van der Waals surface area contributed by atoms with E-state index in [2.05, 4.69) is 16.8 Å². The van der Waals surface area contributed by atoms with Gasteiger partial charge in [0.2, 0.25) is 0 Å². The smallest absolute Gasteiger partial charge is 0.248 e. The lowest BCUT2D eigenvalue weighted by Crippen LogP contribution is -2.22. The molecule has 0 radical (unpaired) electrons. The van der Waals surface area contributed by atoms with Crippen LogP contribution in [0.4, 0.5) is 13.2 Å². The molecule has 1 fully saturated rings. The average molecular weight is 239 g/mol. The minimum atomic E-state index is -4.22. The molecule has 90 valence electrons. The van der Waals surface area contributed by atoms with E-state index in [-0.39, 0.29) is 12.8 Å². The van der Waals surface area contributed by atoms with Gasteiger partial charge in [-0.3, -0.25) is 0 Å². The maximum absolute atomic E-state index is 12.6. The van der Waals surface area contributed by atoms with Crippen molar-refractivity contribution in [3.63, 3.8) is 0 Å². The molecule has 0 amide bonds. The SMILES string of the molecule is CCc1ccnc(C#CC2(C(F)(F)F)CC2)c1. The third kappa shape index (κ3) is 2.44. The normalized spacial score (nSPS) is 17.2. The number of pyridine rings is 1. The summed E-state index contributed by atoms with van der Waals surface area (Å²) in [5.74, 6) is 4.89. The highest BCUT2D eigenvalue weighted by Crippen LogP contribution is 2.57. The summed E-state index contributed by atoms with van der Waals surface area (Å²) in [4.78, 5) is 3.96. The van der Waals surface area contributed by atoms with Gasteiger partial charge in [-0.25, -0.2) is 4.98 Å². The van der Waals surface area contributed by atoms with Gasteiger partial charge in [0.15, 0.2) is 0 Å². The summed E-state index contributed by atoms with van der Waals surface area (Å²) >= 11 is 0. The zero-order valence-corrected chi connectivity index (χ0v) is 9.43. The van der Waals surface area contributed by atoms with E-state index in [4.69, 9.17) is 0 Å². The number of aromatic nitrogens is 1. The summed E-state index contributed by atoms with van der Waals surface area (Å²) in [5, 5.41) is 0. The Kier molecular flexibility index (Phi) is 2.86. The van der Waals surface area contributed by atoms with E-state index in [0.29, 0.717) is 5.69 Å². The van der Waals surface area contributed by atoms with Crippen LogP contribution in [0.25, 0.3) is 0 Å². The Morgan fingerprint density at radius 3 is 2.65 bits per heavy atom. The van der Waals surface area contributed by atoms with Crippen molar-refractivity contribution in [2.24, 2.45) is 5.41 Å². The van der Waals surface area contributed by atoms with Crippen LogP contribution >= 0.6 is 0 Å². The highest BCUT2D eigenvalue weighted by Gasteiger charge is 2.62. The van der Waals surface area contributed by atoms with Crippen LogP contribution in [-0.4, -0.2) is 11.2 Å². The van der Waals surface area contributed by atoms with Crippen LogP contribution in [0, 0.1) is 17.3 Å². The molecule has 0 aliphatic heterocycles. The van der Waals surface area contributed by atoms with Gasteiger partial charge in [-0.2, -0.15) is 13.2 Å². The molecule has 1 aliphatic rings. The van der Waals surface area contributed by atoms with Gasteiger partial charge in [-0.1, -0.05) is 12.8 Å². The molecule has 0 atom stereocenters. The fraction of sp³-hybridized carbons (Fsp3) is 0.462. The topological polar surface area (TPSA) is 12.9 Å². The van der Waals surface area contributed by atoms with E-state index in [0.717, 1.165) is 12.0 Å². The summed E-state index contributed by atoms with van der Waals surface area (Å²) in [6.45, 7) is 1.98. The van der Waals surface area contributed by atoms with Crippen LogP contribution in [-0.2, 0) is 6.42 Å². The molecule has 2 rings (SSSR count). The van der Waals surface area contributed by atoms with Gasteiger partial charge in [0.05, 0.1) is 0 Å². The Morgan fingerprint density at radius 1 is 1.41 bits per heavy atom. The molecule has 0 unspecified atom stereocenters. The van der Waals surface area contributed by atoms with Crippen molar-refractivity contribution in [3.05, 3.63) is 29.6 Å². The van der Waals surface area contributed by atoms with Gasteiger partial charge < -0.3 is 0 Å². The van der Waals surface area contributed by atoms with Crippen molar-refractivity contribution in [1.29, 1.82) is 0 Å². The quantitative estimate of drug-likeness (QED) is 0.685. The zero-order valence-electron chi connectivity index (χ0n) is 9.43. The minimum absolute atomic E-state index is 0.108. The van der Waals surface area contributed by atoms with Gasteiger partial charge in [0.1, 0.15) is 11.1 Å². The van der Waals surface area contributed by atoms with Gasteiger partial charge in [0, 0.05) is 6.20 Å². The predicted molar refractivity (Wildman–Crippen MR) is 58.2 cm³/mol. The molecule has 1 nitrogen and oxygen atoms in total. The van der Waals surface area contributed by atoms with Crippen LogP contribution in [0.15, 0.2) is 18.3 Å². The molecular weight excluding hydrogens is 227 g/mol. The number of halogens is 3. The van der Waals surface area contributed by atoms with Crippen molar-refractivity contribution < 1.29 is 13.2 Å². The van der Waals surface area contributed by atoms with Crippen molar-refractivity contribution in [2.45, 2.75) is 32.4 Å². The molecule has 0 aromatic carbocycles. The van der Waals surface area contributed by atoms with Gasteiger partial charge in [-0.05, 0) is 42.9 Å². The summed E-state index contributed by atoms with van der Waals surface area (Å²) in [6.07, 6.45) is -1.60. The Bertz CT molecular complexity index is 475. The van der Waals surface area contributed by atoms with Crippen molar-refractivity contribution in [3.8, 4) is 11.8 Å². The monoisotopic (exact) mass is 239 g/mol. The van der Waals surface area contributed by atoms with E-state index in [9.17, 15) is 13.2 Å². The second-order valence-electron chi connectivity index (χ2n) is 4.23. The third-order valence-corrected chi connectivity index (χ3v) is 2.96. The Hall–Kier alpha value is -1.50. The van der Waals surface area contributed by atoms with E-state index in [1.165, 1.54) is 0 Å². The molecular formula is C13H12F3N. The molecule has 17 heavy (non-hydrogen) atoms. The van der Waals surface area contributed by atoms with Crippen LogP contribution in [0.3, 0.4) is 0 Å². The lowest BCUT2D eigenvalue weighted by Gasteiger charge is -2.11. The average Bonchev–Trinajstić information content (AvgIpc) is 3.07. The highest BCUT2D eigenvalue weighted by molar-refractivity contribution is 5.35. The maximum atomic E-state index is 12.6. The first-order valence-corrected chi connectivity index (χ1v) is 5.52. The van der Waals surface area contributed by atoms with Crippen LogP contribution in [0.2, 0.25) is 0 Å². The molecule has 4 heteroatoms. The predicted octanol–water partition coefficient (Wildman–Crippen LogP) is 3.34. The van der Waals surface area contributed by atoms with Gasteiger partial charge >= 0.3 is 6.18 Å². The molecule has 0 saturated heterocycles. The number of aryl methyl sites for hydroxylation is 1. The molecule has 0 spiro atoms. The first-order valence-electron chi connectivity index (χ1n) is 5.52. The van der Waals surface area contributed by atoms with Crippen molar-refractivity contribution >= 4 is 0 Å². The number of hydrogen-bond acceptors (Lipinski definition) is 1. The Labute approximate surface area is 98.1 Å². The minimum Gasteiger partial charge on any atom is -0.248 e. The summed E-state index contributed by atoms with van der Waals surface area (Å²) in [6, 6.07) is 3.57. The largest absolute Gasteiger partial charge is 0.405 e. The molecule has 1 aromatic heterocycles. The molecule has 1 heterocycles.